The van der Waals surface area contributed by atoms with Crippen LogP contribution in [0.4, 0.5) is 0 Å². The Kier molecular flexibility index (Phi) is 5.17. The van der Waals surface area contributed by atoms with Gasteiger partial charge < -0.3 is 4.90 Å². The Morgan fingerprint density at radius 2 is 1.95 bits per heavy atom. The zero-order valence-corrected chi connectivity index (χ0v) is 12.5. The van der Waals surface area contributed by atoms with Crippen LogP contribution in [-0.4, -0.2) is 33.4 Å². The minimum Gasteiger partial charge on any atom is -0.341 e. The van der Waals surface area contributed by atoms with Crippen molar-refractivity contribution in [3.63, 3.8) is 0 Å². The molecule has 2 heterocycles. The van der Waals surface area contributed by atoms with Gasteiger partial charge in [-0.25, -0.2) is 4.98 Å². The maximum absolute atomic E-state index is 12.3. The van der Waals surface area contributed by atoms with Crippen LogP contribution in [0.25, 0.3) is 0 Å². The van der Waals surface area contributed by atoms with Crippen molar-refractivity contribution in [3.8, 4) is 0 Å². The van der Waals surface area contributed by atoms with Gasteiger partial charge in [-0.2, -0.15) is 0 Å². The zero-order chi connectivity index (χ0) is 14.5. The molecule has 0 atom stereocenters. The molecule has 0 spiro atoms. The van der Waals surface area contributed by atoms with Crippen LogP contribution in [0, 0.1) is 0 Å². The van der Waals surface area contributed by atoms with E-state index in [9.17, 15) is 9.59 Å². The van der Waals surface area contributed by atoms with Crippen molar-refractivity contribution >= 4 is 17.5 Å². The van der Waals surface area contributed by atoms with Crippen molar-refractivity contribution in [3.05, 3.63) is 27.4 Å². The van der Waals surface area contributed by atoms with E-state index < -0.39 is 0 Å². The lowest BCUT2D eigenvalue weighted by Gasteiger charge is -2.21. The Hall–Kier alpha value is -1.36. The summed E-state index contributed by atoms with van der Waals surface area (Å²) in [4.78, 5) is 30.3. The molecule has 0 radical (unpaired) electrons. The van der Waals surface area contributed by atoms with E-state index in [1.165, 1.54) is 23.5 Å². The lowest BCUT2D eigenvalue weighted by molar-refractivity contribution is -0.131. The number of aryl methyl sites for hydroxylation is 1. The summed E-state index contributed by atoms with van der Waals surface area (Å²) < 4.78 is 1.43. The summed E-state index contributed by atoms with van der Waals surface area (Å²) in [5.74, 6) is 0.554. The van der Waals surface area contributed by atoms with E-state index in [2.05, 4.69) is 4.98 Å². The topological polar surface area (TPSA) is 55.2 Å². The highest BCUT2D eigenvalue weighted by Crippen LogP contribution is 2.11. The number of likely N-dealkylation sites (tertiary alicyclic amines) is 1. The fourth-order valence-corrected chi connectivity index (χ4v) is 2.71. The number of hydrogen-bond donors (Lipinski definition) is 0. The highest BCUT2D eigenvalue weighted by Gasteiger charge is 2.18. The van der Waals surface area contributed by atoms with Crippen molar-refractivity contribution in [2.24, 2.45) is 0 Å². The largest absolute Gasteiger partial charge is 0.341 e. The third-order valence-corrected chi connectivity index (χ3v) is 3.82. The van der Waals surface area contributed by atoms with E-state index in [0.717, 1.165) is 25.9 Å². The molecule has 1 aromatic heterocycles. The van der Waals surface area contributed by atoms with Crippen molar-refractivity contribution < 1.29 is 4.79 Å². The van der Waals surface area contributed by atoms with Gasteiger partial charge in [-0.3, -0.25) is 14.2 Å². The van der Waals surface area contributed by atoms with Gasteiger partial charge in [0, 0.05) is 25.6 Å². The van der Waals surface area contributed by atoms with Crippen LogP contribution >= 0.6 is 11.6 Å². The molecule has 0 bridgehead atoms. The van der Waals surface area contributed by atoms with Gasteiger partial charge in [-0.15, -0.1) is 0 Å². The first-order chi connectivity index (χ1) is 9.61. The fourth-order valence-electron chi connectivity index (χ4n) is 2.52. The molecule has 0 aliphatic carbocycles. The molecule has 0 N–H and O–H groups in total. The molecule has 1 aliphatic rings. The van der Waals surface area contributed by atoms with Crippen molar-refractivity contribution in [1.82, 2.24) is 14.5 Å². The molecule has 20 heavy (non-hydrogen) atoms. The van der Waals surface area contributed by atoms with Crippen molar-refractivity contribution in [2.75, 3.05) is 13.1 Å². The standard InChI is InChI=1S/C14H20ClN3O2/c1-2-12-16-11(15)9-13(19)18(12)10-14(20)17-7-5-3-4-6-8-17/h9H,2-8,10H2,1H3. The summed E-state index contributed by atoms with van der Waals surface area (Å²) in [6.07, 6.45) is 5.00. The molecule has 0 unspecified atom stereocenters. The monoisotopic (exact) mass is 297 g/mol. The predicted octanol–water partition coefficient (Wildman–Crippen LogP) is 1.86. The first-order valence-electron chi connectivity index (χ1n) is 7.16. The van der Waals surface area contributed by atoms with Gasteiger partial charge >= 0.3 is 0 Å². The lowest BCUT2D eigenvalue weighted by atomic mass is 10.2. The van der Waals surface area contributed by atoms with E-state index >= 15 is 0 Å². The van der Waals surface area contributed by atoms with Crippen molar-refractivity contribution in [2.45, 2.75) is 45.6 Å². The normalized spacial score (nSPS) is 16.0. The van der Waals surface area contributed by atoms with Crippen molar-refractivity contribution in [1.29, 1.82) is 0 Å². The predicted molar refractivity (Wildman–Crippen MR) is 77.9 cm³/mol. The minimum absolute atomic E-state index is 0.00665. The number of aromatic nitrogens is 2. The molecular weight excluding hydrogens is 278 g/mol. The average Bonchev–Trinajstić information content (AvgIpc) is 2.70. The third kappa shape index (κ3) is 3.60. The number of amides is 1. The van der Waals surface area contributed by atoms with Gasteiger partial charge in [0.05, 0.1) is 0 Å². The van der Waals surface area contributed by atoms with E-state index in [1.807, 2.05) is 11.8 Å². The molecule has 2 rings (SSSR count). The van der Waals surface area contributed by atoms with E-state index in [-0.39, 0.29) is 23.2 Å². The van der Waals surface area contributed by atoms with Crippen LogP contribution < -0.4 is 5.56 Å². The maximum Gasteiger partial charge on any atom is 0.255 e. The second-order valence-electron chi connectivity index (χ2n) is 5.07. The quantitative estimate of drug-likeness (QED) is 0.800. The molecule has 1 saturated heterocycles. The summed E-state index contributed by atoms with van der Waals surface area (Å²) in [6.45, 7) is 3.53. The van der Waals surface area contributed by atoms with Crippen LogP contribution in [0.5, 0.6) is 0 Å². The summed E-state index contributed by atoms with van der Waals surface area (Å²) in [5.41, 5.74) is -0.259. The molecule has 110 valence electrons. The first-order valence-corrected chi connectivity index (χ1v) is 7.53. The molecule has 0 aromatic carbocycles. The number of rotatable bonds is 3. The average molecular weight is 298 g/mol. The minimum atomic E-state index is -0.259. The van der Waals surface area contributed by atoms with Gasteiger partial charge in [-0.05, 0) is 12.8 Å². The number of hydrogen-bond acceptors (Lipinski definition) is 3. The summed E-state index contributed by atoms with van der Waals surface area (Å²) >= 11 is 5.79. The third-order valence-electron chi connectivity index (χ3n) is 3.62. The second-order valence-corrected chi connectivity index (χ2v) is 5.46. The van der Waals surface area contributed by atoms with E-state index in [4.69, 9.17) is 11.6 Å². The first kappa shape index (κ1) is 15.0. The molecule has 1 fully saturated rings. The molecule has 1 amide bonds. The highest BCUT2D eigenvalue weighted by atomic mass is 35.5. The summed E-state index contributed by atoms with van der Waals surface area (Å²) in [7, 11) is 0. The fraction of sp³-hybridized carbons (Fsp3) is 0.643. The van der Waals surface area contributed by atoms with Gasteiger partial charge in [-0.1, -0.05) is 31.4 Å². The molecular formula is C14H20ClN3O2. The van der Waals surface area contributed by atoms with Gasteiger partial charge in [0.2, 0.25) is 5.91 Å². The SMILES string of the molecule is CCc1nc(Cl)cc(=O)n1CC(=O)N1CCCCCC1. The smallest absolute Gasteiger partial charge is 0.255 e. The molecule has 0 saturated carbocycles. The zero-order valence-electron chi connectivity index (χ0n) is 11.8. The maximum atomic E-state index is 12.3. The van der Waals surface area contributed by atoms with Gasteiger partial charge in [0.1, 0.15) is 17.5 Å². The Labute approximate surface area is 123 Å². The van der Waals surface area contributed by atoms with Crippen LogP contribution in [-0.2, 0) is 17.8 Å². The lowest BCUT2D eigenvalue weighted by Crippen LogP contribution is -2.38. The number of nitrogens with zero attached hydrogens (tertiary/aromatic N) is 3. The summed E-state index contributed by atoms with van der Waals surface area (Å²) in [6, 6.07) is 1.26. The Balaban J connectivity index is 2.16. The number of halogens is 1. The Morgan fingerprint density at radius 3 is 2.55 bits per heavy atom. The highest BCUT2D eigenvalue weighted by molar-refractivity contribution is 6.29. The molecule has 5 nitrogen and oxygen atoms in total. The summed E-state index contributed by atoms with van der Waals surface area (Å²) in [5, 5.41) is 0.185. The molecule has 1 aliphatic heterocycles. The van der Waals surface area contributed by atoms with Crippen LogP contribution in [0.1, 0.15) is 38.4 Å². The van der Waals surface area contributed by atoms with Gasteiger partial charge in [0.25, 0.3) is 5.56 Å². The second kappa shape index (κ2) is 6.88. The Morgan fingerprint density at radius 1 is 1.30 bits per heavy atom. The van der Waals surface area contributed by atoms with Crippen LogP contribution in [0.2, 0.25) is 5.15 Å². The van der Waals surface area contributed by atoms with Gasteiger partial charge in [0.15, 0.2) is 0 Å². The van der Waals surface area contributed by atoms with Crippen LogP contribution in [0.15, 0.2) is 10.9 Å². The number of carbonyl (C=O) groups excluding carboxylic acids is 1. The van der Waals surface area contributed by atoms with Crippen LogP contribution in [0.3, 0.4) is 0 Å². The van der Waals surface area contributed by atoms with E-state index in [0.29, 0.717) is 12.2 Å². The number of carbonyl (C=O) groups is 1. The molecule has 6 heteroatoms. The van der Waals surface area contributed by atoms with E-state index in [1.54, 1.807) is 0 Å². The molecule has 1 aromatic rings. The Bertz CT molecular complexity index is 534.